The monoisotopic (exact) mass is 190 g/mol. The van der Waals surface area contributed by atoms with Crippen LogP contribution in [0.2, 0.25) is 0 Å². The van der Waals surface area contributed by atoms with Crippen molar-refractivity contribution in [3.8, 4) is 5.75 Å². The fourth-order valence-corrected chi connectivity index (χ4v) is 1.31. The molecule has 72 valence electrons. The molecule has 0 aliphatic heterocycles. The third kappa shape index (κ3) is 1.62. The third-order valence-corrected chi connectivity index (χ3v) is 1.90. The van der Waals surface area contributed by atoms with Crippen LogP contribution in [0.4, 0.5) is 0 Å². The van der Waals surface area contributed by atoms with E-state index in [9.17, 15) is 4.79 Å². The molecule has 3 heteroatoms. The Morgan fingerprint density at radius 2 is 2.14 bits per heavy atom. The standard InChI is InChI=1S/C11H10O3/c1-2-13-9-4-5-10-8(7-9)3-6-11(12)14-10/h3-7H,2H2,1H3. The van der Waals surface area contributed by atoms with Gasteiger partial charge in [-0.25, -0.2) is 4.79 Å². The Hall–Kier alpha value is -1.77. The van der Waals surface area contributed by atoms with Crippen molar-refractivity contribution in [1.29, 1.82) is 0 Å². The second-order valence-corrected chi connectivity index (χ2v) is 2.89. The molecule has 1 aromatic heterocycles. The lowest BCUT2D eigenvalue weighted by molar-refractivity contribution is 0.340. The van der Waals surface area contributed by atoms with Gasteiger partial charge in [-0.15, -0.1) is 0 Å². The Bertz CT molecular complexity index is 499. The third-order valence-electron chi connectivity index (χ3n) is 1.90. The summed E-state index contributed by atoms with van der Waals surface area (Å²) in [5.74, 6) is 0.786. The smallest absolute Gasteiger partial charge is 0.336 e. The van der Waals surface area contributed by atoms with Gasteiger partial charge < -0.3 is 9.15 Å². The van der Waals surface area contributed by atoms with E-state index in [4.69, 9.17) is 9.15 Å². The normalized spacial score (nSPS) is 10.4. The first-order valence-corrected chi connectivity index (χ1v) is 4.46. The Labute approximate surface area is 80.9 Å². The van der Waals surface area contributed by atoms with E-state index in [1.807, 2.05) is 13.0 Å². The van der Waals surface area contributed by atoms with E-state index in [-0.39, 0.29) is 5.63 Å². The zero-order valence-corrected chi connectivity index (χ0v) is 7.82. The quantitative estimate of drug-likeness (QED) is 0.681. The highest BCUT2D eigenvalue weighted by Crippen LogP contribution is 2.19. The molecule has 2 rings (SSSR count). The maximum Gasteiger partial charge on any atom is 0.336 e. The minimum Gasteiger partial charge on any atom is -0.494 e. The summed E-state index contributed by atoms with van der Waals surface area (Å²) in [4.78, 5) is 10.9. The average Bonchev–Trinajstić information content (AvgIpc) is 2.19. The molecule has 0 atom stereocenters. The van der Waals surface area contributed by atoms with Crippen LogP contribution < -0.4 is 10.4 Å². The summed E-state index contributed by atoms with van der Waals surface area (Å²) in [5, 5.41) is 0.871. The Morgan fingerprint density at radius 3 is 2.93 bits per heavy atom. The van der Waals surface area contributed by atoms with Gasteiger partial charge in [-0.1, -0.05) is 0 Å². The highest BCUT2D eigenvalue weighted by Gasteiger charge is 1.98. The van der Waals surface area contributed by atoms with E-state index in [0.717, 1.165) is 11.1 Å². The van der Waals surface area contributed by atoms with Crippen LogP contribution in [0.1, 0.15) is 6.92 Å². The predicted molar refractivity (Wildman–Crippen MR) is 53.7 cm³/mol. The summed E-state index contributed by atoms with van der Waals surface area (Å²) >= 11 is 0. The molecule has 0 saturated heterocycles. The second-order valence-electron chi connectivity index (χ2n) is 2.89. The lowest BCUT2D eigenvalue weighted by Gasteiger charge is -2.02. The maximum absolute atomic E-state index is 10.9. The molecular formula is C11H10O3. The lowest BCUT2D eigenvalue weighted by atomic mass is 10.2. The molecule has 2 aromatic rings. The summed E-state index contributed by atoms with van der Waals surface area (Å²) < 4.78 is 10.3. The molecule has 0 bridgehead atoms. The van der Waals surface area contributed by atoms with E-state index in [2.05, 4.69) is 0 Å². The molecule has 0 aliphatic carbocycles. The van der Waals surface area contributed by atoms with Crippen molar-refractivity contribution >= 4 is 11.0 Å². The van der Waals surface area contributed by atoms with Crippen molar-refractivity contribution in [2.24, 2.45) is 0 Å². The Kier molecular flexibility index (Phi) is 2.23. The maximum atomic E-state index is 10.9. The first kappa shape index (κ1) is 8.81. The zero-order chi connectivity index (χ0) is 9.97. The van der Waals surface area contributed by atoms with Crippen molar-refractivity contribution in [3.63, 3.8) is 0 Å². The summed E-state index contributed by atoms with van der Waals surface area (Å²) in [6.07, 6.45) is 0. The lowest BCUT2D eigenvalue weighted by Crippen LogP contribution is -1.95. The number of rotatable bonds is 2. The Balaban J connectivity index is 2.56. The highest BCUT2D eigenvalue weighted by molar-refractivity contribution is 5.77. The van der Waals surface area contributed by atoms with E-state index in [0.29, 0.717) is 12.2 Å². The van der Waals surface area contributed by atoms with Gasteiger partial charge in [-0.05, 0) is 31.2 Å². The van der Waals surface area contributed by atoms with Crippen LogP contribution in [0.15, 0.2) is 39.5 Å². The molecular weight excluding hydrogens is 180 g/mol. The summed E-state index contributed by atoms with van der Waals surface area (Å²) in [5.41, 5.74) is 0.252. The number of hydrogen-bond acceptors (Lipinski definition) is 3. The van der Waals surface area contributed by atoms with Gasteiger partial charge >= 0.3 is 5.63 Å². The van der Waals surface area contributed by atoms with Crippen molar-refractivity contribution < 1.29 is 9.15 Å². The molecule has 0 amide bonds. The minimum atomic E-state index is -0.332. The van der Waals surface area contributed by atoms with Crippen LogP contribution in [0.25, 0.3) is 11.0 Å². The predicted octanol–water partition coefficient (Wildman–Crippen LogP) is 2.19. The number of fused-ring (bicyclic) bond motifs is 1. The summed E-state index contributed by atoms with van der Waals surface area (Å²) in [6.45, 7) is 2.55. The van der Waals surface area contributed by atoms with E-state index >= 15 is 0 Å². The van der Waals surface area contributed by atoms with Crippen LogP contribution in [0.3, 0.4) is 0 Å². The van der Waals surface area contributed by atoms with Crippen LogP contribution in [0, 0.1) is 0 Å². The molecule has 0 fully saturated rings. The van der Waals surface area contributed by atoms with E-state index in [1.54, 1.807) is 18.2 Å². The highest BCUT2D eigenvalue weighted by atomic mass is 16.5. The molecule has 1 heterocycles. The van der Waals surface area contributed by atoms with E-state index < -0.39 is 0 Å². The molecule has 1 aromatic carbocycles. The molecule has 0 unspecified atom stereocenters. The molecule has 0 spiro atoms. The van der Waals surface area contributed by atoms with Gasteiger partial charge in [-0.3, -0.25) is 0 Å². The largest absolute Gasteiger partial charge is 0.494 e. The van der Waals surface area contributed by atoms with Crippen molar-refractivity contribution in [1.82, 2.24) is 0 Å². The first-order valence-electron chi connectivity index (χ1n) is 4.46. The van der Waals surface area contributed by atoms with Crippen LogP contribution in [0.5, 0.6) is 5.75 Å². The minimum absolute atomic E-state index is 0.332. The topological polar surface area (TPSA) is 39.4 Å². The second kappa shape index (κ2) is 3.54. The molecule has 3 nitrogen and oxygen atoms in total. The van der Waals surface area contributed by atoms with Gasteiger partial charge in [-0.2, -0.15) is 0 Å². The van der Waals surface area contributed by atoms with Gasteiger partial charge in [0.2, 0.25) is 0 Å². The molecule has 0 N–H and O–H groups in total. The van der Waals surface area contributed by atoms with Crippen molar-refractivity contribution in [2.45, 2.75) is 6.92 Å². The zero-order valence-electron chi connectivity index (χ0n) is 7.82. The fraction of sp³-hybridized carbons (Fsp3) is 0.182. The summed E-state index contributed by atoms with van der Waals surface area (Å²) in [6, 6.07) is 8.50. The number of ether oxygens (including phenoxy) is 1. The van der Waals surface area contributed by atoms with Gasteiger partial charge in [0.1, 0.15) is 11.3 Å². The van der Waals surface area contributed by atoms with Gasteiger partial charge in [0.05, 0.1) is 6.61 Å². The van der Waals surface area contributed by atoms with Gasteiger partial charge in [0.25, 0.3) is 0 Å². The molecule has 0 radical (unpaired) electrons. The fourth-order valence-electron chi connectivity index (χ4n) is 1.31. The molecule has 0 saturated carbocycles. The number of hydrogen-bond donors (Lipinski definition) is 0. The van der Waals surface area contributed by atoms with Crippen molar-refractivity contribution in [2.75, 3.05) is 6.61 Å². The molecule has 0 aliphatic rings. The number of benzene rings is 1. The Morgan fingerprint density at radius 1 is 1.29 bits per heavy atom. The van der Waals surface area contributed by atoms with Crippen LogP contribution in [-0.4, -0.2) is 6.61 Å². The van der Waals surface area contributed by atoms with Gasteiger partial charge in [0, 0.05) is 11.5 Å². The molecule has 14 heavy (non-hydrogen) atoms. The van der Waals surface area contributed by atoms with Crippen LogP contribution in [-0.2, 0) is 0 Å². The first-order chi connectivity index (χ1) is 6.79. The summed E-state index contributed by atoms with van der Waals surface area (Å²) in [7, 11) is 0. The van der Waals surface area contributed by atoms with Crippen molar-refractivity contribution in [3.05, 3.63) is 40.8 Å². The van der Waals surface area contributed by atoms with Crippen LogP contribution >= 0.6 is 0 Å². The average molecular weight is 190 g/mol. The SMILES string of the molecule is CCOc1ccc2oc(=O)ccc2c1. The van der Waals surface area contributed by atoms with Gasteiger partial charge in [0.15, 0.2) is 0 Å². The van der Waals surface area contributed by atoms with E-state index in [1.165, 1.54) is 6.07 Å².